The molecule has 114 valence electrons. The Labute approximate surface area is 122 Å². The number of nitrogens with one attached hydrogen (secondary N) is 1. The van der Waals surface area contributed by atoms with E-state index in [4.69, 9.17) is 4.74 Å². The second-order valence-electron chi connectivity index (χ2n) is 6.52. The average molecular weight is 281 g/mol. The molecule has 0 spiro atoms. The van der Waals surface area contributed by atoms with E-state index in [9.17, 15) is 4.39 Å². The number of halogens is 1. The van der Waals surface area contributed by atoms with Gasteiger partial charge >= 0.3 is 0 Å². The fraction of sp³-hybridized carbons (Fsp3) is 0.647. The largest absolute Gasteiger partial charge is 0.493 e. The lowest BCUT2D eigenvalue weighted by atomic mass is 9.93. The van der Waals surface area contributed by atoms with Crippen LogP contribution in [0, 0.1) is 11.2 Å². The van der Waals surface area contributed by atoms with Gasteiger partial charge in [0.05, 0.1) is 6.61 Å². The van der Waals surface area contributed by atoms with Crippen molar-refractivity contribution in [3.05, 3.63) is 29.6 Å². The highest BCUT2D eigenvalue weighted by Gasteiger charge is 2.14. The molecule has 0 aromatic heterocycles. The van der Waals surface area contributed by atoms with Crippen LogP contribution < -0.4 is 10.1 Å². The lowest BCUT2D eigenvalue weighted by molar-refractivity contribution is 0.240. The molecule has 0 aliphatic carbocycles. The fourth-order valence-corrected chi connectivity index (χ4v) is 1.93. The lowest BCUT2D eigenvalue weighted by Crippen LogP contribution is -2.20. The van der Waals surface area contributed by atoms with Crippen LogP contribution in [0.15, 0.2) is 18.2 Å². The number of ether oxygens (including phenoxy) is 1. The van der Waals surface area contributed by atoms with E-state index in [0.29, 0.717) is 6.61 Å². The van der Waals surface area contributed by atoms with Gasteiger partial charge in [-0.3, -0.25) is 0 Å². The zero-order valence-corrected chi connectivity index (χ0v) is 13.4. The monoisotopic (exact) mass is 281 g/mol. The Hall–Kier alpha value is -1.09. The van der Waals surface area contributed by atoms with Crippen LogP contribution in [0.25, 0.3) is 0 Å². The highest BCUT2D eigenvalue weighted by atomic mass is 19.1. The number of benzene rings is 1. The third-order valence-electron chi connectivity index (χ3n) is 3.25. The van der Waals surface area contributed by atoms with Gasteiger partial charge in [0.25, 0.3) is 0 Å². The van der Waals surface area contributed by atoms with E-state index in [0.717, 1.165) is 30.7 Å². The molecular weight excluding hydrogens is 253 g/mol. The van der Waals surface area contributed by atoms with Gasteiger partial charge in [-0.1, -0.05) is 27.7 Å². The average Bonchev–Trinajstić information content (AvgIpc) is 2.36. The van der Waals surface area contributed by atoms with Gasteiger partial charge in [0.15, 0.2) is 0 Å². The smallest absolute Gasteiger partial charge is 0.124 e. The predicted molar refractivity (Wildman–Crippen MR) is 82.7 cm³/mol. The second kappa shape index (κ2) is 7.63. The zero-order valence-electron chi connectivity index (χ0n) is 13.4. The minimum absolute atomic E-state index is 0.0929. The van der Waals surface area contributed by atoms with E-state index in [-0.39, 0.29) is 17.3 Å². The van der Waals surface area contributed by atoms with E-state index in [1.54, 1.807) is 12.1 Å². The van der Waals surface area contributed by atoms with Crippen LogP contribution in [-0.2, 0) is 0 Å². The Morgan fingerprint density at radius 1 is 1.30 bits per heavy atom. The minimum Gasteiger partial charge on any atom is -0.493 e. The summed E-state index contributed by atoms with van der Waals surface area (Å²) < 4.78 is 19.3. The Kier molecular flexibility index (Phi) is 6.47. The SMILES string of the molecule is CCCNC(C)c1cc(F)ccc1OCCC(C)(C)C. The van der Waals surface area contributed by atoms with Crippen molar-refractivity contribution >= 4 is 0 Å². The quantitative estimate of drug-likeness (QED) is 0.782. The molecule has 0 amide bonds. The zero-order chi connectivity index (χ0) is 15.2. The van der Waals surface area contributed by atoms with E-state index < -0.39 is 0 Å². The fourth-order valence-electron chi connectivity index (χ4n) is 1.93. The molecule has 0 saturated carbocycles. The molecule has 0 fully saturated rings. The van der Waals surface area contributed by atoms with Crippen LogP contribution in [-0.4, -0.2) is 13.2 Å². The first kappa shape index (κ1) is 17.0. The van der Waals surface area contributed by atoms with Crippen molar-refractivity contribution in [2.45, 2.75) is 53.5 Å². The third kappa shape index (κ3) is 5.91. The van der Waals surface area contributed by atoms with Crippen LogP contribution in [0.1, 0.15) is 59.1 Å². The number of hydrogen-bond acceptors (Lipinski definition) is 2. The summed E-state index contributed by atoms with van der Waals surface area (Å²) in [6.07, 6.45) is 2.03. The van der Waals surface area contributed by atoms with E-state index >= 15 is 0 Å². The van der Waals surface area contributed by atoms with E-state index in [1.807, 2.05) is 6.92 Å². The summed E-state index contributed by atoms with van der Waals surface area (Å²) in [5.41, 5.74) is 1.14. The summed E-state index contributed by atoms with van der Waals surface area (Å²) in [5, 5.41) is 3.38. The van der Waals surface area contributed by atoms with E-state index in [2.05, 4.69) is 33.0 Å². The van der Waals surface area contributed by atoms with Crippen molar-refractivity contribution in [3.8, 4) is 5.75 Å². The summed E-state index contributed by atoms with van der Waals surface area (Å²) in [4.78, 5) is 0. The highest BCUT2D eigenvalue weighted by Crippen LogP contribution is 2.27. The third-order valence-corrected chi connectivity index (χ3v) is 3.25. The minimum atomic E-state index is -0.215. The molecule has 0 heterocycles. The van der Waals surface area contributed by atoms with Crippen LogP contribution in [0.5, 0.6) is 5.75 Å². The maximum Gasteiger partial charge on any atom is 0.124 e. The molecule has 1 unspecified atom stereocenters. The van der Waals surface area contributed by atoms with Gasteiger partial charge < -0.3 is 10.1 Å². The van der Waals surface area contributed by atoms with Gasteiger partial charge in [-0.25, -0.2) is 4.39 Å². The normalized spacial score (nSPS) is 13.3. The van der Waals surface area contributed by atoms with Crippen molar-refractivity contribution in [2.24, 2.45) is 5.41 Å². The first-order chi connectivity index (χ1) is 9.33. The molecule has 1 aromatic carbocycles. The van der Waals surface area contributed by atoms with Crippen molar-refractivity contribution in [1.29, 1.82) is 0 Å². The predicted octanol–water partition coefficient (Wildman–Crippen LogP) is 4.70. The van der Waals surface area contributed by atoms with Crippen molar-refractivity contribution in [3.63, 3.8) is 0 Å². The lowest BCUT2D eigenvalue weighted by Gasteiger charge is -2.21. The molecule has 0 aliphatic heterocycles. The van der Waals surface area contributed by atoms with Crippen molar-refractivity contribution in [1.82, 2.24) is 5.32 Å². The summed E-state index contributed by atoms with van der Waals surface area (Å²) >= 11 is 0. The molecule has 1 N–H and O–H groups in total. The summed E-state index contributed by atoms with van der Waals surface area (Å²) in [7, 11) is 0. The van der Waals surface area contributed by atoms with Crippen LogP contribution in [0.4, 0.5) is 4.39 Å². The molecule has 20 heavy (non-hydrogen) atoms. The first-order valence-electron chi connectivity index (χ1n) is 7.49. The molecule has 0 aliphatic rings. The van der Waals surface area contributed by atoms with Crippen molar-refractivity contribution in [2.75, 3.05) is 13.2 Å². The van der Waals surface area contributed by atoms with Gasteiger partial charge in [-0.05, 0) is 49.9 Å². The number of hydrogen-bond donors (Lipinski definition) is 1. The van der Waals surface area contributed by atoms with Gasteiger partial charge in [0, 0.05) is 11.6 Å². The first-order valence-corrected chi connectivity index (χ1v) is 7.49. The van der Waals surface area contributed by atoms with Crippen LogP contribution >= 0.6 is 0 Å². The summed E-state index contributed by atoms with van der Waals surface area (Å²) in [6, 6.07) is 4.86. The highest BCUT2D eigenvalue weighted by molar-refractivity contribution is 5.36. The van der Waals surface area contributed by atoms with Crippen LogP contribution in [0.3, 0.4) is 0 Å². The van der Waals surface area contributed by atoms with Crippen molar-refractivity contribution < 1.29 is 9.13 Å². The van der Waals surface area contributed by atoms with Crippen LogP contribution in [0.2, 0.25) is 0 Å². The Morgan fingerprint density at radius 2 is 2.00 bits per heavy atom. The molecule has 0 bridgehead atoms. The molecule has 1 aromatic rings. The van der Waals surface area contributed by atoms with E-state index in [1.165, 1.54) is 6.07 Å². The maximum atomic E-state index is 13.5. The molecule has 3 heteroatoms. The Morgan fingerprint density at radius 3 is 2.60 bits per heavy atom. The molecule has 0 radical (unpaired) electrons. The standard InChI is InChI=1S/C17H28FNO/c1-6-10-19-13(2)15-12-14(18)7-8-16(15)20-11-9-17(3,4)5/h7-8,12-13,19H,6,9-11H2,1-5H3. The Balaban J connectivity index is 2.74. The molecule has 2 nitrogen and oxygen atoms in total. The molecule has 1 atom stereocenters. The molecular formula is C17H28FNO. The van der Waals surface area contributed by atoms with Gasteiger partial charge in [0.1, 0.15) is 11.6 Å². The molecule has 1 rings (SSSR count). The maximum absolute atomic E-state index is 13.5. The molecule has 0 saturated heterocycles. The summed E-state index contributed by atoms with van der Waals surface area (Å²) in [5.74, 6) is 0.570. The van der Waals surface area contributed by atoms with Gasteiger partial charge in [0.2, 0.25) is 0 Å². The number of rotatable bonds is 7. The summed E-state index contributed by atoms with van der Waals surface area (Å²) in [6.45, 7) is 12.3. The van der Waals surface area contributed by atoms with Gasteiger partial charge in [-0.2, -0.15) is 0 Å². The van der Waals surface area contributed by atoms with Gasteiger partial charge in [-0.15, -0.1) is 0 Å². The second-order valence-corrected chi connectivity index (χ2v) is 6.52. The topological polar surface area (TPSA) is 21.3 Å². The Bertz CT molecular complexity index is 412.